The molecule has 0 spiro atoms. The summed E-state index contributed by atoms with van der Waals surface area (Å²) in [5.41, 5.74) is 3.23. The molecule has 0 bridgehead atoms. The summed E-state index contributed by atoms with van der Waals surface area (Å²) >= 11 is 6.03. The average molecular weight is 473 g/mol. The number of anilines is 1. The van der Waals surface area contributed by atoms with E-state index in [-0.39, 0.29) is 11.3 Å². The standard InChI is InChI=1S/C27H25ClN4O2/c1-30-15-17-31(18-16-30)25-19-29-32(23-11-9-22(28)10-12-23)27(33)26(25)34-24-13-7-21(8-14-24)20-5-3-2-4-6-20/h2-14,19H,15-18H2,1H3. The van der Waals surface area contributed by atoms with Crippen LogP contribution >= 0.6 is 11.6 Å². The summed E-state index contributed by atoms with van der Waals surface area (Å²) < 4.78 is 7.59. The van der Waals surface area contributed by atoms with E-state index in [1.54, 1.807) is 30.5 Å². The molecule has 0 aliphatic carbocycles. The molecular formula is C27H25ClN4O2. The fourth-order valence-electron chi connectivity index (χ4n) is 4.03. The fraction of sp³-hybridized carbons (Fsp3) is 0.185. The maximum absolute atomic E-state index is 13.6. The highest BCUT2D eigenvalue weighted by molar-refractivity contribution is 6.30. The van der Waals surface area contributed by atoms with Crippen molar-refractivity contribution in [2.24, 2.45) is 0 Å². The topological polar surface area (TPSA) is 50.6 Å². The van der Waals surface area contributed by atoms with Gasteiger partial charge in [-0.1, -0.05) is 54.1 Å². The predicted molar refractivity (Wildman–Crippen MR) is 137 cm³/mol. The van der Waals surface area contributed by atoms with E-state index in [2.05, 4.69) is 34.1 Å². The highest BCUT2D eigenvalue weighted by Crippen LogP contribution is 2.31. The molecule has 0 atom stereocenters. The molecule has 0 amide bonds. The number of hydrogen-bond acceptors (Lipinski definition) is 5. The lowest BCUT2D eigenvalue weighted by atomic mass is 10.1. The average Bonchev–Trinajstić information content (AvgIpc) is 2.87. The Morgan fingerprint density at radius 1 is 0.824 bits per heavy atom. The molecule has 6 nitrogen and oxygen atoms in total. The van der Waals surface area contributed by atoms with Crippen LogP contribution in [0.2, 0.25) is 5.02 Å². The van der Waals surface area contributed by atoms with Gasteiger partial charge in [-0.3, -0.25) is 4.79 Å². The van der Waals surface area contributed by atoms with Crippen LogP contribution in [-0.2, 0) is 0 Å². The van der Waals surface area contributed by atoms with Crippen molar-refractivity contribution >= 4 is 17.3 Å². The Bertz CT molecular complexity index is 1310. The molecule has 3 aromatic carbocycles. The molecule has 5 rings (SSSR count). The van der Waals surface area contributed by atoms with Gasteiger partial charge in [0.25, 0.3) is 0 Å². The molecule has 1 saturated heterocycles. The van der Waals surface area contributed by atoms with Crippen molar-refractivity contribution < 1.29 is 4.74 Å². The highest BCUT2D eigenvalue weighted by Gasteiger charge is 2.23. The monoisotopic (exact) mass is 472 g/mol. The van der Waals surface area contributed by atoms with Gasteiger partial charge in [0.1, 0.15) is 11.4 Å². The number of hydrogen-bond donors (Lipinski definition) is 0. The van der Waals surface area contributed by atoms with Gasteiger partial charge < -0.3 is 14.5 Å². The Morgan fingerprint density at radius 2 is 1.47 bits per heavy atom. The molecule has 2 heterocycles. The number of likely N-dealkylation sites (N-methyl/N-ethyl adjacent to an activating group) is 1. The minimum atomic E-state index is -0.314. The summed E-state index contributed by atoms with van der Waals surface area (Å²) in [5.74, 6) is 0.864. The molecule has 172 valence electrons. The van der Waals surface area contributed by atoms with E-state index < -0.39 is 0 Å². The molecule has 0 radical (unpaired) electrons. The Kier molecular flexibility index (Phi) is 6.34. The van der Waals surface area contributed by atoms with Crippen molar-refractivity contribution in [2.75, 3.05) is 38.1 Å². The van der Waals surface area contributed by atoms with Gasteiger partial charge in [-0.25, -0.2) is 0 Å². The summed E-state index contributed by atoms with van der Waals surface area (Å²) in [7, 11) is 2.10. The van der Waals surface area contributed by atoms with Crippen molar-refractivity contribution in [1.82, 2.24) is 14.7 Å². The normalized spacial score (nSPS) is 14.2. The van der Waals surface area contributed by atoms with Crippen LogP contribution in [0.5, 0.6) is 11.5 Å². The van der Waals surface area contributed by atoms with Crippen LogP contribution in [0, 0.1) is 0 Å². The van der Waals surface area contributed by atoms with Crippen LogP contribution in [0.25, 0.3) is 16.8 Å². The smallest absolute Gasteiger partial charge is 0.316 e. The van der Waals surface area contributed by atoms with Crippen LogP contribution in [0.3, 0.4) is 0 Å². The Labute approximate surface area is 203 Å². The first kappa shape index (κ1) is 22.2. The van der Waals surface area contributed by atoms with Gasteiger partial charge >= 0.3 is 5.56 Å². The van der Waals surface area contributed by atoms with Crippen LogP contribution in [0.15, 0.2) is 89.9 Å². The zero-order chi connectivity index (χ0) is 23.5. The molecule has 7 heteroatoms. The summed E-state index contributed by atoms with van der Waals surface area (Å²) in [4.78, 5) is 18.0. The van der Waals surface area contributed by atoms with Crippen LogP contribution in [0.1, 0.15) is 0 Å². The number of aromatic nitrogens is 2. The van der Waals surface area contributed by atoms with Gasteiger partial charge in [0.15, 0.2) is 0 Å². The summed E-state index contributed by atoms with van der Waals surface area (Å²) in [5, 5.41) is 5.05. The quantitative estimate of drug-likeness (QED) is 0.404. The second-order valence-electron chi connectivity index (χ2n) is 8.34. The van der Waals surface area contributed by atoms with E-state index >= 15 is 0 Å². The van der Waals surface area contributed by atoms with Crippen molar-refractivity contribution in [1.29, 1.82) is 0 Å². The van der Waals surface area contributed by atoms with E-state index in [9.17, 15) is 4.79 Å². The van der Waals surface area contributed by atoms with Crippen LogP contribution in [0.4, 0.5) is 5.69 Å². The number of rotatable bonds is 5. The minimum absolute atomic E-state index is 0.266. The summed E-state index contributed by atoms with van der Waals surface area (Å²) in [6.07, 6.45) is 1.72. The molecule has 1 aliphatic rings. The van der Waals surface area contributed by atoms with E-state index in [4.69, 9.17) is 16.3 Å². The van der Waals surface area contributed by atoms with E-state index in [0.717, 1.165) is 37.3 Å². The first-order valence-electron chi connectivity index (χ1n) is 11.2. The third-order valence-electron chi connectivity index (χ3n) is 6.01. The molecule has 4 aromatic rings. The molecule has 1 fully saturated rings. The van der Waals surface area contributed by atoms with Gasteiger partial charge in [0.05, 0.1) is 11.9 Å². The van der Waals surface area contributed by atoms with Gasteiger partial charge in [-0.15, -0.1) is 0 Å². The zero-order valence-corrected chi connectivity index (χ0v) is 19.7. The second kappa shape index (κ2) is 9.71. The van der Waals surface area contributed by atoms with Gasteiger partial charge in [-0.05, 0) is 54.6 Å². The molecule has 0 saturated carbocycles. The largest absolute Gasteiger partial charge is 0.449 e. The van der Waals surface area contributed by atoms with E-state index in [1.807, 2.05) is 42.5 Å². The number of nitrogens with zero attached hydrogens (tertiary/aromatic N) is 4. The highest BCUT2D eigenvalue weighted by atomic mass is 35.5. The Morgan fingerprint density at radius 3 is 2.15 bits per heavy atom. The lowest BCUT2D eigenvalue weighted by Crippen LogP contribution is -2.45. The van der Waals surface area contributed by atoms with Crippen molar-refractivity contribution in [3.8, 4) is 28.3 Å². The summed E-state index contributed by atoms with van der Waals surface area (Å²) in [6.45, 7) is 3.41. The lowest BCUT2D eigenvalue weighted by Gasteiger charge is -2.34. The van der Waals surface area contributed by atoms with Crippen LogP contribution < -0.4 is 15.2 Å². The third-order valence-corrected chi connectivity index (χ3v) is 6.26. The summed E-state index contributed by atoms with van der Waals surface area (Å²) in [6, 6.07) is 24.9. The SMILES string of the molecule is CN1CCN(c2cnn(-c3ccc(Cl)cc3)c(=O)c2Oc2ccc(-c3ccccc3)cc2)CC1. The fourth-order valence-corrected chi connectivity index (χ4v) is 4.15. The molecule has 1 aromatic heterocycles. The van der Waals surface area contributed by atoms with E-state index in [0.29, 0.717) is 22.1 Å². The first-order chi connectivity index (χ1) is 16.6. The first-order valence-corrected chi connectivity index (χ1v) is 11.6. The second-order valence-corrected chi connectivity index (χ2v) is 8.77. The molecular weight excluding hydrogens is 448 g/mol. The Balaban J connectivity index is 1.52. The van der Waals surface area contributed by atoms with Crippen molar-refractivity contribution in [2.45, 2.75) is 0 Å². The molecule has 1 aliphatic heterocycles. The van der Waals surface area contributed by atoms with Crippen molar-refractivity contribution in [3.63, 3.8) is 0 Å². The maximum Gasteiger partial charge on any atom is 0.316 e. The Hall–Kier alpha value is -3.61. The van der Waals surface area contributed by atoms with Crippen molar-refractivity contribution in [3.05, 3.63) is 100 Å². The number of benzene rings is 3. The maximum atomic E-state index is 13.6. The molecule has 0 unspecified atom stereocenters. The molecule has 34 heavy (non-hydrogen) atoms. The lowest BCUT2D eigenvalue weighted by molar-refractivity contribution is 0.311. The van der Waals surface area contributed by atoms with Crippen LogP contribution in [-0.4, -0.2) is 47.9 Å². The van der Waals surface area contributed by atoms with Gasteiger partial charge in [0.2, 0.25) is 5.75 Å². The molecule has 0 N–H and O–H groups in total. The number of ether oxygens (including phenoxy) is 1. The van der Waals surface area contributed by atoms with Gasteiger partial charge in [0, 0.05) is 31.2 Å². The third kappa shape index (κ3) is 4.69. The number of piperazine rings is 1. The predicted octanol–water partition coefficient (Wildman–Crippen LogP) is 5.10. The zero-order valence-electron chi connectivity index (χ0n) is 18.9. The van der Waals surface area contributed by atoms with Gasteiger partial charge in [-0.2, -0.15) is 9.78 Å². The minimum Gasteiger partial charge on any atom is -0.449 e. The van der Waals surface area contributed by atoms with E-state index in [1.165, 1.54) is 4.68 Å². The number of halogens is 1.